The van der Waals surface area contributed by atoms with Crippen LogP contribution in [-0.2, 0) is 16.2 Å². The first kappa shape index (κ1) is 26.8. The molecule has 1 unspecified atom stereocenters. The summed E-state index contributed by atoms with van der Waals surface area (Å²) in [6.07, 6.45) is 2.98. The zero-order valence-electron chi connectivity index (χ0n) is 21.9. The quantitative estimate of drug-likeness (QED) is 0.191. The van der Waals surface area contributed by atoms with E-state index >= 15 is 0 Å². The van der Waals surface area contributed by atoms with Crippen LogP contribution in [0, 0.1) is 6.92 Å². The van der Waals surface area contributed by atoms with E-state index in [0.717, 1.165) is 22.5 Å². The van der Waals surface area contributed by atoms with Crippen molar-refractivity contribution < 1.29 is 24.2 Å². The van der Waals surface area contributed by atoms with E-state index in [9.17, 15) is 19.5 Å². The Hall–Kier alpha value is -4.82. The molecule has 1 N–H and O–H groups in total. The molecule has 1 atom stereocenters. The number of nitrogens with zero attached hydrogens (tertiary/aromatic N) is 2. The third-order valence-corrected chi connectivity index (χ3v) is 7.71. The van der Waals surface area contributed by atoms with Crippen LogP contribution < -0.4 is 9.64 Å². The lowest BCUT2D eigenvalue weighted by atomic mass is 9.95. The fraction of sp³-hybridized carbons (Fsp3) is 0.125. The van der Waals surface area contributed by atoms with Crippen molar-refractivity contribution in [2.24, 2.45) is 0 Å². The van der Waals surface area contributed by atoms with Gasteiger partial charge in [0.2, 0.25) is 0 Å². The fourth-order valence-corrected chi connectivity index (χ4v) is 5.48. The number of thiazole rings is 1. The van der Waals surface area contributed by atoms with Gasteiger partial charge < -0.3 is 9.84 Å². The number of rotatable bonds is 9. The molecular formula is C32H26N2O5S. The maximum Gasteiger partial charge on any atom is 0.296 e. The van der Waals surface area contributed by atoms with Crippen LogP contribution in [0.15, 0.2) is 102 Å². The van der Waals surface area contributed by atoms with E-state index in [1.807, 2.05) is 60.7 Å². The van der Waals surface area contributed by atoms with Gasteiger partial charge in [-0.2, -0.15) is 0 Å². The molecule has 0 saturated carbocycles. The van der Waals surface area contributed by atoms with E-state index in [4.69, 9.17) is 4.74 Å². The van der Waals surface area contributed by atoms with Crippen LogP contribution in [0.3, 0.4) is 0 Å². The Morgan fingerprint density at radius 3 is 2.27 bits per heavy atom. The van der Waals surface area contributed by atoms with E-state index in [1.54, 1.807) is 37.3 Å². The van der Waals surface area contributed by atoms with Gasteiger partial charge in [0, 0.05) is 6.92 Å². The van der Waals surface area contributed by atoms with Crippen molar-refractivity contribution >= 4 is 40.0 Å². The number of aliphatic hydroxyl groups excluding tert-OH is 1. The first-order valence-corrected chi connectivity index (χ1v) is 13.4. The number of ketones is 2. The summed E-state index contributed by atoms with van der Waals surface area (Å²) in [7, 11) is 0. The van der Waals surface area contributed by atoms with Crippen molar-refractivity contribution in [3.8, 4) is 5.75 Å². The molecule has 1 aliphatic heterocycles. The number of aryl methyl sites for hydroxylation is 1. The number of hydrogen-bond acceptors (Lipinski definition) is 7. The third kappa shape index (κ3) is 5.48. The van der Waals surface area contributed by atoms with Crippen molar-refractivity contribution in [3.63, 3.8) is 0 Å². The number of carbonyl (C=O) groups is 3. The minimum absolute atomic E-state index is 0.0626. The van der Waals surface area contributed by atoms with E-state index in [0.29, 0.717) is 28.5 Å². The number of anilines is 1. The maximum absolute atomic E-state index is 13.5. The van der Waals surface area contributed by atoms with Crippen LogP contribution >= 0.6 is 11.3 Å². The minimum atomic E-state index is -0.950. The summed E-state index contributed by atoms with van der Waals surface area (Å²) in [5, 5.41) is 11.2. The van der Waals surface area contributed by atoms with Gasteiger partial charge in [0.25, 0.3) is 5.91 Å². The SMILES string of the molecule is CC(=O)c1sc(N2C(=O)C(O)=C(C(=O)/C=C/c3ccccc3)C2c2ccc(OCc3ccccc3)cc2)nc1C. The number of hydrogen-bond donors (Lipinski definition) is 1. The molecule has 7 nitrogen and oxygen atoms in total. The molecule has 4 aromatic rings. The normalized spacial score (nSPS) is 15.2. The van der Waals surface area contributed by atoms with Crippen LogP contribution in [0.2, 0.25) is 0 Å². The maximum atomic E-state index is 13.5. The summed E-state index contributed by atoms with van der Waals surface area (Å²) < 4.78 is 5.90. The van der Waals surface area contributed by atoms with E-state index in [2.05, 4.69) is 4.98 Å². The second kappa shape index (κ2) is 11.5. The fourth-order valence-electron chi connectivity index (χ4n) is 4.49. The van der Waals surface area contributed by atoms with Crippen LogP contribution in [0.5, 0.6) is 5.75 Å². The van der Waals surface area contributed by atoms with Crippen molar-refractivity contribution in [2.45, 2.75) is 26.5 Å². The summed E-state index contributed by atoms with van der Waals surface area (Å²) in [6, 6.07) is 25.1. The molecule has 0 radical (unpaired) electrons. The summed E-state index contributed by atoms with van der Waals surface area (Å²) in [6.45, 7) is 3.50. The van der Waals surface area contributed by atoms with Gasteiger partial charge in [-0.25, -0.2) is 4.98 Å². The molecule has 8 heteroatoms. The van der Waals surface area contributed by atoms with Crippen LogP contribution in [0.1, 0.15) is 45.0 Å². The zero-order chi connectivity index (χ0) is 28.2. The highest BCUT2D eigenvalue weighted by Crippen LogP contribution is 2.43. The summed E-state index contributed by atoms with van der Waals surface area (Å²) in [5.74, 6) is -1.48. The predicted octanol–water partition coefficient (Wildman–Crippen LogP) is 6.42. The number of Topliss-reactive ketones (excluding diaryl/α,β-unsaturated/α-hetero) is 1. The molecule has 1 aromatic heterocycles. The van der Waals surface area contributed by atoms with Gasteiger partial charge in [-0.15, -0.1) is 0 Å². The van der Waals surface area contributed by atoms with Crippen LogP contribution in [0.25, 0.3) is 6.08 Å². The average molecular weight is 551 g/mol. The Kier molecular flexibility index (Phi) is 7.70. The number of amides is 1. The highest BCUT2D eigenvalue weighted by molar-refractivity contribution is 7.17. The second-order valence-electron chi connectivity index (χ2n) is 9.26. The Morgan fingerprint density at radius 1 is 1.00 bits per heavy atom. The standard InChI is InChI=1S/C32H26N2O5S/c1-20-30(21(2)35)40-32(33-20)34-28(24-14-16-25(17-15-24)39-19-23-11-7-4-8-12-23)27(29(37)31(34)38)26(36)18-13-22-9-5-3-6-10-22/h3-18,28,37H,19H2,1-2H3/b18-13+. The number of ether oxygens (including phenoxy) is 1. The third-order valence-electron chi connectivity index (χ3n) is 6.46. The van der Waals surface area contributed by atoms with Crippen molar-refractivity contribution in [2.75, 3.05) is 4.90 Å². The van der Waals surface area contributed by atoms with E-state index in [1.165, 1.54) is 17.9 Å². The molecule has 200 valence electrons. The molecule has 0 spiro atoms. The van der Waals surface area contributed by atoms with Gasteiger partial charge in [0.15, 0.2) is 22.5 Å². The molecule has 40 heavy (non-hydrogen) atoms. The van der Waals surface area contributed by atoms with E-state index in [-0.39, 0.29) is 16.5 Å². The van der Waals surface area contributed by atoms with Gasteiger partial charge in [0.1, 0.15) is 12.4 Å². The summed E-state index contributed by atoms with van der Waals surface area (Å²) >= 11 is 1.05. The van der Waals surface area contributed by atoms with Crippen LogP contribution in [0.4, 0.5) is 5.13 Å². The molecule has 0 fully saturated rings. The Bertz CT molecular complexity index is 1620. The number of aromatic nitrogens is 1. The van der Waals surface area contributed by atoms with Gasteiger partial charge in [-0.3, -0.25) is 19.3 Å². The van der Waals surface area contributed by atoms with Gasteiger partial charge in [-0.05, 0) is 41.8 Å². The van der Waals surface area contributed by atoms with Gasteiger partial charge in [-0.1, -0.05) is 90.2 Å². The Morgan fingerprint density at radius 2 is 1.65 bits per heavy atom. The number of benzene rings is 3. The number of allylic oxidation sites excluding steroid dienone is 1. The van der Waals surface area contributed by atoms with Gasteiger partial charge >= 0.3 is 0 Å². The molecular weight excluding hydrogens is 524 g/mol. The smallest absolute Gasteiger partial charge is 0.296 e. The molecule has 1 amide bonds. The largest absolute Gasteiger partial charge is 0.503 e. The summed E-state index contributed by atoms with van der Waals surface area (Å²) in [4.78, 5) is 45.1. The lowest BCUT2D eigenvalue weighted by molar-refractivity contribution is -0.117. The highest BCUT2D eigenvalue weighted by Gasteiger charge is 2.45. The predicted molar refractivity (Wildman–Crippen MR) is 154 cm³/mol. The minimum Gasteiger partial charge on any atom is -0.503 e. The lowest BCUT2D eigenvalue weighted by Gasteiger charge is -2.24. The second-order valence-corrected chi connectivity index (χ2v) is 10.2. The average Bonchev–Trinajstić information content (AvgIpc) is 3.48. The van der Waals surface area contributed by atoms with E-state index < -0.39 is 23.5 Å². The molecule has 5 rings (SSSR count). The zero-order valence-corrected chi connectivity index (χ0v) is 22.7. The highest BCUT2D eigenvalue weighted by atomic mass is 32.1. The molecule has 0 saturated heterocycles. The van der Waals surface area contributed by atoms with Crippen molar-refractivity contribution in [1.29, 1.82) is 0 Å². The molecule has 2 heterocycles. The molecule has 1 aliphatic rings. The van der Waals surface area contributed by atoms with Gasteiger partial charge in [0.05, 0.1) is 22.2 Å². The van der Waals surface area contributed by atoms with Crippen LogP contribution in [-0.4, -0.2) is 27.6 Å². The molecule has 0 bridgehead atoms. The van der Waals surface area contributed by atoms with Crippen molar-refractivity contribution in [1.82, 2.24) is 4.98 Å². The molecule has 0 aliphatic carbocycles. The topological polar surface area (TPSA) is 96.8 Å². The molecule has 3 aromatic carbocycles. The summed E-state index contributed by atoms with van der Waals surface area (Å²) in [5.41, 5.74) is 2.82. The Labute approximate surface area is 235 Å². The first-order chi connectivity index (χ1) is 19.3. The van der Waals surface area contributed by atoms with Crippen molar-refractivity contribution in [3.05, 3.63) is 130 Å². The number of carbonyl (C=O) groups excluding carboxylic acids is 3. The Balaban J connectivity index is 1.50. The first-order valence-electron chi connectivity index (χ1n) is 12.6. The lowest BCUT2D eigenvalue weighted by Crippen LogP contribution is -2.30. The number of aliphatic hydroxyl groups is 1. The monoisotopic (exact) mass is 550 g/mol.